The van der Waals surface area contributed by atoms with Gasteiger partial charge in [0.2, 0.25) is 0 Å². The lowest BCUT2D eigenvalue weighted by Gasteiger charge is -2.19. The van der Waals surface area contributed by atoms with Crippen LogP contribution in [0.25, 0.3) is 11.4 Å². The molecule has 1 aliphatic heterocycles. The molecule has 3 aromatic rings. The number of aromatic nitrogens is 2. The lowest BCUT2D eigenvalue weighted by atomic mass is 9.92. The molecule has 0 fully saturated rings. The van der Waals surface area contributed by atoms with E-state index in [-0.39, 0.29) is 11.5 Å². The van der Waals surface area contributed by atoms with E-state index in [0.29, 0.717) is 0 Å². The summed E-state index contributed by atoms with van der Waals surface area (Å²) in [5.74, 6) is 0.233. The molecule has 0 bridgehead atoms. The normalized spacial score (nSPS) is 13.0. The molecule has 2 aromatic carbocycles. The van der Waals surface area contributed by atoms with Crippen LogP contribution >= 0.6 is 0 Å². The van der Waals surface area contributed by atoms with E-state index in [0.717, 1.165) is 37.3 Å². The molecule has 0 saturated carbocycles. The van der Waals surface area contributed by atoms with Gasteiger partial charge in [-0.3, -0.25) is 4.57 Å². The van der Waals surface area contributed by atoms with Crippen molar-refractivity contribution in [3.63, 3.8) is 0 Å². The zero-order valence-corrected chi connectivity index (χ0v) is 17.9. The van der Waals surface area contributed by atoms with E-state index in [1.54, 1.807) is 12.3 Å². The van der Waals surface area contributed by atoms with Crippen LogP contribution in [-0.2, 0) is 19.4 Å². The summed E-state index contributed by atoms with van der Waals surface area (Å²) < 4.78 is 1.50. The van der Waals surface area contributed by atoms with E-state index < -0.39 is 0 Å². The van der Waals surface area contributed by atoms with Gasteiger partial charge in [0.15, 0.2) is 0 Å². The molecule has 1 aromatic heterocycles. The van der Waals surface area contributed by atoms with Crippen LogP contribution in [0.4, 0.5) is 5.82 Å². The second kappa shape index (κ2) is 7.82. The molecule has 0 spiro atoms. The van der Waals surface area contributed by atoms with Crippen LogP contribution in [0.5, 0.6) is 0 Å². The van der Waals surface area contributed by atoms with Crippen molar-refractivity contribution in [2.45, 2.75) is 40.2 Å². The highest BCUT2D eigenvalue weighted by Gasteiger charge is 2.25. The summed E-state index contributed by atoms with van der Waals surface area (Å²) >= 11 is 0. The third kappa shape index (κ3) is 3.52. The molecule has 0 unspecified atom stereocenters. The average molecular weight is 401 g/mol. The number of benzene rings is 2. The Kier molecular flexibility index (Phi) is 5.20. The maximum absolute atomic E-state index is 12.0. The molecule has 4 rings (SSSR count). The van der Waals surface area contributed by atoms with Crippen LogP contribution in [-0.4, -0.2) is 21.0 Å². The molecule has 0 atom stereocenters. The monoisotopic (exact) mass is 400 g/mol. The largest absolute Gasteiger partial charge is 0.383 e. The topological polar surface area (TPSA) is 64.2 Å². The Hall–Kier alpha value is -3.34. The lowest BCUT2D eigenvalue weighted by molar-refractivity contribution is 0.414. The van der Waals surface area contributed by atoms with Gasteiger partial charge in [-0.15, -0.1) is 0 Å². The maximum Gasteiger partial charge on any atom is 0.354 e. The number of fused-ring (bicyclic) bond motifs is 1. The molecular weight excluding hydrogens is 372 g/mol. The third-order valence-corrected chi connectivity index (χ3v) is 6.17. The van der Waals surface area contributed by atoms with Crippen molar-refractivity contribution >= 4 is 11.5 Å². The summed E-state index contributed by atoms with van der Waals surface area (Å²) in [6.45, 7) is 12.9. The van der Waals surface area contributed by atoms with Crippen molar-refractivity contribution < 1.29 is 0 Å². The van der Waals surface area contributed by atoms with E-state index >= 15 is 0 Å². The summed E-state index contributed by atoms with van der Waals surface area (Å²) in [6, 6.07) is 12.0. The molecule has 2 N–H and O–H groups in total. The number of rotatable bonds is 5. The van der Waals surface area contributed by atoms with E-state index in [2.05, 4.69) is 55.4 Å². The zero-order chi connectivity index (χ0) is 21.4. The van der Waals surface area contributed by atoms with E-state index in [9.17, 15) is 4.79 Å². The summed E-state index contributed by atoms with van der Waals surface area (Å²) in [5.41, 5.74) is 15.3. The fourth-order valence-corrected chi connectivity index (χ4v) is 4.45. The first-order valence-corrected chi connectivity index (χ1v) is 10.4. The minimum atomic E-state index is -0.369. The minimum Gasteiger partial charge on any atom is -0.383 e. The van der Waals surface area contributed by atoms with Gasteiger partial charge in [0, 0.05) is 30.5 Å². The number of hydrogen-bond donors (Lipinski definition) is 1. The molecule has 0 saturated heterocycles. The number of nitrogen functional groups attached to an aromatic ring is 1. The Morgan fingerprint density at radius 3 is 2.57 bits per heavy atom. The number of anilines is 1. The highest BCUT2D eigenvalue weighted by Crippen LogP contribution is 2.36. The molecule has 30 heavy (non-hydrogen) atoms. The Morgan fingerprint density at radius 1 is 1.17 bits per heavy atom. The molecule has 1 aliphatic rings. The smallest absolute Gasteiger partial charge is 0.354 e. The van der Waals surface area contributed by atoms with Gasteiger partial charge in [-0.1, -0.05) is 25.6 Å². The van der Waals surface area contributed by atoms with Gasteiger partial charge in [0.1, 0.15) is 5.82 Å². The van der Waals surface area contributed by atoms with Crippen LogP contribution in [0, 0.1) is 13.8 Å². The number of hydrogen-bond acceptors (Lipinski definition) is 4. The quantitative estimate of drug-likeness (QED) is 0.702. The molecule has 154 valence electrons. The summed E-state index contributed by atoms with van der Waals surface area (Å²) in [5, 5.41) is 0. The Labute approximate surface area is 177 Å². The number of nitrogens with zero attached hydrogens (tertiary/aromatic N) is 3. The molecule has 5 heteroatoms. The predicted octanol–water partition coefficient (Wildman–Crippen LogP) is 4.02. The SMILES string of the molecule is C=C1c2cc(C)c(CC)c(C)c2CN1CCc1ccc(-n2ccc(N)nc2=O)cc1. The molecule has 0 radical (unpaired) electrons. The van der Waals surface area contributed by atoms with Crippen molar-refractivity contribution in [3.05, 3.63) is 93.0 Å². The van der Waals surface area contributed by atoms with Crippen molar-refractivity contribution in [2.24, 2.45) is 0 Å². The first kappa shape index (κ1) is 20.0. The van der Waals surface area contributed by atoms with Gasteiger partial charge >= 0.3 is 5.69 Å². The third-order valence-electron chi connectivity index (χ3n) is 6.17. The van der Waals surface area contributed by atoms with Gasteiger partial charge < -0.3 is 10.6 Å². The van der Waals surface area contributed by atoms with Gasteiger partial charge in [0.25, 0.3) is 0 Å². The van der Waals surface area contributed by atoms with Crippen molar-refractivity contribution in [3.8, 4) is 5.69 Å². The first-order chi connectivity index (χ1) is 14.4. The first-order valence-electron chi connectivity index (χ1n) is 10.4. The Morgan fingerprint density at radius 2 is 1.90 bits per heavy atom. The van der Waals surface area contributed by atoms with Gasteiger partial charge in [-0.25, -0.2) is 4.79 Å². The molecule has 5 nitrogen and oxygen atoms in total. The van der Waals surface area contributed by atoms with Gasteiger partial charge in [-0.2, -0.15) is 4.98 Å². The Balaban J connectivity index is 1.47. The van der Waals surface area contributed by atoms with Crippen LogP contribution in [0.2, 0.25) is 0 Å². The fourth-order valence-electron chi connectivity index (χ4n) is 4.45. The van der Waals surface area contributed by atoms with E-state index in [1.165, 1.54) is 37.9 Å². The van der Waals surface area contributed by atoms with Crippen molar-refractivity contribution in [1.82, 2.24) is 14.5 Å². The highest BCUT2D eigenvalue weighted by atomic mass is 16.1. The highest BCUT2D eigenvalue weighted by molar-refractivity contribution is 5.72. The second-order valence-corrected chi connectivity index (χ2v) is 7.97. The van der Waals surface area contributed by atoms with Gasteiger partial charge in [0.05, 0.1) is 5.69 Å². The zero-order valence-electron chi connectivity index (χ0n) is 17.9. The molecule has 0 amide bonds. The van der Waals surface area contributed by atoms with E-state index in [4.69, 9.17) is 5.73 Å². The summed E-state index contributed by atoms with van der Waals surface area (Å²) in [7, 11) is 0. The Bertz CT molecular complexity index is 1170. The molecule has 0 aliphatic carbocycles. The van der Waals surface area contributed by atoms with Crippen molar-refractivity contribution in [2.75, 3.05) is 12.3 Å². The van der Waals surface area contributed by atoms with Crippen LogP contribution in [0.3, 0.4) is 0 Å². The van der Waals surface area contributed by atoms with Crippen molar-refractivity contribution in [1.29, 1.82) is 0 Å². The van der Waals surface area contributed by atoms with Crippen LogP contribution < -0.4 is 11.4 Å². The lowest BCUT2D eigenvalue weighted by Crippen LogP contribution is -2.21. The molecular formula is C25H28N4O. The second-order valence-electron chi connectivity index (χ2n) is 7.97. The van der Waals surface area contributed by atoms with Crippen LogP contribution in [0.15, 0.2) is 54.0 Å². The minimum absolute atomic E-state index is 0.233. The number of aryl methyl sites for hydroxylation is 1. The average Bonchev–Trinajstić information content (AvgIpc) is 3.03. The molecule has 2 heterocycles. The van der Waals surface area contributed by atoms with Crippen LogP contribution in [0.1, 0.15) is 40.3 Å². The van der Waals surface area contributed by atoms with E-state index in [1.807, 2.05) is 12.1 Å². The predicted molar refractivity (Wildman–Crippen MR) is 123 cm³/mol. The number of nitrogens with two attached hydrogens (primary N) is 1. The maximum atomic E-state index is 12.0. The summed E-state index contributed by atoms with van der Waals surface area (Å²) in [4.78, 5) is 18.2. The fraction of sp³-hybridized carbons (Fsp3) is 0.280. The van der Waals surface area contributed by atoms with Gasteiger partial charge in [-0.05, 0) is 78.8 Å². The standard InChI is InChI=1S/C25H28N4O/c1-5-21-16(2)14-22-18(4)28(15-23(22)17(21)3)12-10-19-6-8-20(9-7-19)29-13-11-24(26)27-25(29)30/h6-9,11,13-14H,4-5,10,12,15H2,1-3H3,(H2,26,27,30). The summed E-state index contributed by atoms with van der Waals surface area (Å²) in [6.07, 6.45) is 3.64.